The molecule has 5 heteroatoms. The van der Waals surface area contributed by atoms with Crippen LogP contribution in [0.2, 0.25) is 0 Å². The molecule has 0 saturated heterocycles. The number of H-pyrrole nitrogens is 1. The highest BCUT2D eigenvalue weighted by molar-refractivity contribution is 6.40. The van der Waals surface area contributed by atoms with Crippen molar-refractivity contribution >= 4 is 87.5 Å². The number of aromatic amines is 1. The van der Waals surface area contributed by atoms with E-state index in [1.165, 1.54) is 0 Å². The molecule has 0 bridgehead atoms. The number of aromatic nitrogens is 3. The summed E-state index contributed by atoms with van der Waals surface area (Å²) in [7, 11) is 0. The minimum Gasteiger partial charge on any atom is -0.456 e. The first-order valence-electron chi connectivity index (χ1n) is 17.6. The van der Waals surface area contributed by atoms with Crippen molar-refractivity contribution in [2.75, 3.05) is 0 Å². The van der Waals surface area contributed by atoms with Gasteiger partial charge in [0.05, 0.1) is 22.0 Å². The zero-order chi connectivity index (χ0) is 33.9. The molecule has 4 aromatic heterocycles. The van der Waals surface area contributed by atoms with Crippen LogP contribution >= 0.6 is 0 Å². The van der Waals surface area contributed by atoms with Gasteiger partial charge in [0, 0.05) is 43.4 Å². The van der Waals surface area contributed by atoms with E-state index in [1.807, 2.05) is 12.1 Å². The second-order valence-corrected chi connectivity index (χ2v) is 13.6. The molecule has 4 heterocycles. The highest BCUT2D eigenvalue weighted by atomic mass is 16.3. The number of rotatable bonds is 3. The molecule has 12 rings (SSSR count). The number of para-hydroxylation sites is 6. The molecule has 0 radical (unpaired) electrons. The third-order valence-electron chi connectivity index (χ3n) is 10.8. The number of hydrogen-bond acceptors (Lipinski definition) is 2. The maximum Gasteiger partial charge on any atom is 0.292 e. The summed E-state index contributed by atoms with van der Waals surface area (Å²) in [4.78, 5) is 3.76. The Morgan fingerprint density at radius 3 is 2.06 bits per heavy atom. The molecular formula is C47H28N3O2+. The zero-order valence-corrected chi connectivity index (χ0v) is 27.8. The molecule has 0 saturated carbocycles. The van der Waals surface area contributed by atoms with Crippen LogP contribution in [0.1, 0.15) is 0 Å². The predicted molar refractivity (Wildman–Crippen MR) is 212 cm³/mol. The van der Waals surface area contributed by atoms with Gasteiger partial charge in [0.1, 0.15) is 28.0 Å². The van der Waals surface area contributed by atoms with Crippen LogP contribution in [0.3, 0.4) is 0 Å². The lowest BCUT2D eigenvalue weighted by Gasteiger charge is -2.12. The molecule has 0 fully saturated rings. The summed E-state index contributed by atoms with van der Waals surface area (Å²) in [5.74, 6) is 1.02. The lowest BCUT2D eigenvalue weighted by atomic mass is 9.95. The summed E-state index contributed by atoms with van der Waals surface area (Å²) in [6, 6.07) is 57.7. The molecule has 1 N–H and O–H groups in total. The van der Waals surface area contributed by atoms with E-state index >= 15 is 0 Å². The van der Waals surface area contributed by atoms with Crippen molar-refractivity contribution in [3.05, 3.63) is 164 Å². The fourth-order valence-electron chi connectivity index (χ4n) is 8.65. The minimum absolute atomic E-state index is 0.869. The van der Waals surface area contributed by atoms with Crippen LogP contribution in [-0.4, -0.2) is 9.55 Å². The topological polar surface area (TPSA) is 50.9 Å². The molecule has 0 spiro atoms. The second kappa shape index (κ2) is 10.2. The van der Waals surface area contributed by atoms with E-state index in [4.69, 9.17) is 8.83 Å². The Balaban J connectivity index is 1.25. The van der Waals surface area contributed by atoms with Crippen molar-refractivity contribution < 1.29 is 13.4 Å². The van der Waals surface area contributed by atoms with Gasteiger partial charge >= 0.3 is 0 Å². The van der Waals surface area contributed by atoms with Crippen molar-refractivity contribution in [2.45, 2.75) is 0 Å². The molecule has 52 heavy (non-hydrogen) atoms. The van der Waals surface area contributed by atoms with E-state index in [0.29, 0.717) is 0 Å². The molecule has 0 aliphatic rings. The highest BCUT2D eigenvalue weighted by Crippen LogP contribution is 2.49. The van der Waals surface area contributed by atoms with Crippen molar-refractivity contribution in [1.29, 1.82) is 0 Å². The average molecular weight is 667 g/mol. The first-order chi connectivity index (χ1) is 25.8. The van der Waals surface area contributed by atoms with Crippen molar-refractivity contribution in [3.8, 4) is 22.8 Å². The van der Waals surface area contributed by atoms with Gasteiger partial charge in [0.15, 0.2) is 11.0 Å². The lowest BCUT2D eigenvalue weighted by molar-refractivity contribution is -0.554. The molecule has 242 valence electrons. The number of fused-ring (bicyclic) bond motifs is 15. The lowest BCUT2D eigenvalue weighted by Crippen LogP contribution is -2.31. The first kappa shape index (κ1) is 27.7. The van der Waals surface area contributed by atoms with Gasteiger partial charge in [-0.1, -0.05) is 91.0 Å². The van der Waals surface area contributed by atoms with Gasteiger partial charge in [-0.25, -0.2) is 4.98 Å². The summed E-state index contributed by atoms with van der Waals surface area (Å²) in [5.41, 5.74) is 11.2. The average Bonchev–Trinajstić information content (AvgIpc) is 3.97. The standard InChI is InChI=1S/C47H27N3O2/c1-2-14-29(15-3-1)50-37-22-9-7-20-35(37)48-47(50)28-13-12-16-30(27-28)49-36-21-8-4-17-31(36)44-45(49)34-25-26-40-41(32-18-5-10-23-38(32)51-40)42(34)43-33-19-6-11-24-39(33)52-46(43)44/h1-27H/p+1. The van der Waals surface area contributed by atoms with Gasteiger partial charge in [-0.05, 0) is 72.8 Å². The summed E-state index contributed by atoms with van der Waals surface area (Å²) in [6.45, 7) is 0. The molecular weight excluding hydrogens is 639 g/mol. The fraction of sp³-hybridized carbons (Fsp3) is 0. The predicted octanol–water partition coefficient (Wildman–Crippen LogP) is 12.2. The minimum atomic E-state index is 0.869. The summed E-state index contributed by atoms with van der Waals surface area (Å²) in [5, 5.41) is 8.99. The van der Waals surface area contributed by atoms with E-state index in [1.54, 1.807) is 0 Å². The van der Waals surface area contributed by atoms with Crippen LogP contribution in [0.15, 0.2) is 173 Å². The summed E-state index contributed by atoms with van der Waals surface area (Å²) in [6.07, 6.45) is 0. The number of nitrogens with one attached hydrogen (secondary N) is 1. The second-order valence-electron chi connectivity index (χ2n) is 13.6. The number of hydrogen-bond donors (Lipinski definition) is 1. The third-order valence-corrected chi connectivity index (χ3v) is 10.8. The Hall–Kier alpha value is -7.11. The summed E-state index contributed by atoms with van der Waals surface area (Å²) < 4.78 is 18.1. The molecule has 0 aliphatic heterocycles. The fourth-order valence-corrected chi connectivity index (χ4v) is 8.65. The number of furan rings is 2. The molecule has 0 aliphatic carbocycles. The van der Waals surface area contributed by atoms with Gasteiger partial charge < -0.3 is 13.4 Å². The van der Waals surface area contributed by atoms with Crippen LogP contribution in [0.25, 0.3) is 110 Å². The Morgan fingerprint density at radius 1 is 0.481 bits per heavy atom. The van der Waals surface area contributed by atoms with Crippen LogP contribution in [0.4, 0.5) is 0 Å². The Morgan fingerprint density at radius 2 is 1.19 bits per heavy atom. The Kier molecular flexibility index (Phi) is 5.44. The maximum atomic E-state index is 6.91. The largest absolute Gasteiger partial charge is 0.456 e. The van der Waals surface area contributed by atoms with E-state index < -0.39 is 0 Å². The Bertz CT molecular complexity index is 3410. The monoisotopic (exact) mass is 666 g/mol. The van der Waals surface area contributed by atoms with Crippen molar-refractivity contribution in [1.82, 2.24) is 9.55 Å². The van der Waals surface area contributed by atoms with Crippen molar-refractivity contribution in [2.24, 2.45) is 0 Å². The van der Waals surface area contributed by atoms with E-state index in [9.17, 15) is 0 Å². The molecule has 0 unspecified atom stereocenters. The van der Waals surface area contributed by atoms with Crippen molar-refractivity contribution in [3.63, 3.8) is 0 Å². The molecule has 8 aromatic carbocycles. The van der Waals surface area contributed by atoms with Crippen LogP contribution < -0.4 is 4.57 Å². The molecule has 5 nitrogen and oxygen atoms in total. The SMILES string of the molecule is c1ccc(-[n+]2c(-c3cccc(-n4c5ccccc5c5c6oc7ccccc7c6c6c(ccc7oc8ccccc8c76)c54)c3)[nH]c3ccccc32)cc1. The number of nitrogens with zero attached hydrogens (tertiary/aromatic N) is 2. The van der Waals surface area contributed by atoms with Gasteiger partial charge in [-0.3, -0.25) is 0 Å². The van der Waals surface area contributed by atoms with E-state index in [-0.39, 0.29) is 0 Å². The van der Waals surface area contributed by atoms with E-state index in [2.05, 4.69) is 166 Å². The molecule has 12 aromatic rings. The maximum absolute atomic E-state index is 6.91. The molecule has 0 amide bonds. The Labute approximate surface area is 296 Å². The molecule has 0 atom stereocenters. The third kappa shape index (κ3) is 3.64. The number of imidazole rings is 1. The van der Waals surface area contributed by atoms with Gasteiger partial charge in [-0.15, -0.1) is 0 Å². The van der Waals surface area contributed by atoms with E-state index in [0.717, 1.165) is 110 Å². The first-order valence-corrected chi connectivity index (χ1v) is 17.6. The van der Waals surface area contributed by atoms with Crippen LogP contribution in [0.5, 0.6) is 0 Å². The van der Waals surface area contributed by atoms with Gasteiger partial charge in [0.25, 0.3) is 5.82 Å². The summed E-state index contributed by atoms with van der Waals surface area (Å²) >= 11 is 0. The van der Waals surface area contributed by atoms with Gasteiger partial charge in [0.2, 0.25) is 0 Å². The van der Waals surface area contributed by atoms with Crippen LogP contribution in [0, 0.1) is 0 Å². The number of benzene rings is 8. The zero-order valence-electron chi connectivity index (χ0n) is 27.8. The quantitative estimate of drug-likeness (QED) is 0.191. The highest BCUT2D eigenvalue weighted by Gasteiger charge is 2.27. The van der Waals surface area contributed by atoms with Crippen LogP contribution in [-0.2, 0) is 0 Å². The normalized spacial score (nSPS) is 12.2. The van der Waals surface area contributed by atoms with Gasteiger partial charge in [-0.2, -0.15) is 4.57 Å². The smallest absolute Gasteiger partial charge is 0.292 e.